The molecule has 0 saturated carbocycles. The van der Waals surface area contributed by atoms with Gasteiger partial charge in [0.15, 0.2) is 0 Å². The Morgan fingerprint density at radius 3 is 2.96 bits per heavy atom. The van der Waals surface area contributed by atoms with Crippen molar-refractivity contribution in [3.05, 3.63) is 52.6 Å². The minimum Gasteiger partial charge on any atom is -0.372 e. The monoisotopic (exact) mass is 314 g/mol. The number of nitrogens with one attached hydrogen (secondary N) is 1. The molecule has 3 N–H and O–H groups in total. The molecule has 0 saturated heterocycles. The van der Waals surface area contributed by atoms with Crippen LogP contribution in [0.5, 0.6) is 0 Å². The molecular formula is C16H18N4O3. The van der Waals surface area contributed by atoms with Crippen molar-refractivity contribution < 1.29 is 14.3 Å². The third-order valence-corrected chi connectivity index (χ3v) is 3.99. The van der Waals surface area contributed by atoms with Gasteiger partial charge in [-0.15, -0.1) is 0 Å². The van der Waals surface area contributed by atoms with E-state index < -0.39 is 5.91 Å². The average Bonchev–Trinajstić information content (AvgIpc) is 2.96. The quantitative estimate of drug-likeness (QED) is 0.870. The second kappa shape index (κ2) is 6.21. The summed E-state index contributed by atoms with van der Waals surface area (Å²) in [6, 6.07) is 4.94. The number of nitrogens with zero attached hydrogens (tertiary/aromatic N) is 2. The Bertz CT molecular complexity index is 767. The van der Waals surface area contributed by atoms with Crippen LogP contribution in [0.15, 0.2) is 24.4 Å². The van der Waals surface area contributed by atoms with E-state index in [1.54, 1.807) is 31.3 Å². The molecule has 7 nitrogen and oxygen atoms in total. The highest BCUT2D eigenvalue weighted by molar-refractivity contribution is 6.01. The van der Waals surface area contributed by atoms with Crippen molar-refractivity contribution in [3.8, 4) is 0 Å². The van der Waals surface area contributed by atoms with Crippen LogP contribution in [-0.4, -0.2) is 28.0 Å². The lowest BCUT2D eigenvalue weighted by Gasteiger charge is -2.17. The van der Waals surface area contributed by atoms with Gasteiger partial charge in [0.2, 0.25) is 5.91 Å². The van der Waals surface area contributed by atoms with Crippen molar-refractivity contribution >= 4 is 11.8 Å². The van der Waals surface area contributed by atoms with E-state index in [-0.39, 0.29) is 5.91 Å². The lowest BCUT2D eigenvalue weighted by molar-refractivity contribution is 0.0802. The summed E-state index contributed by atoms with van der Waals surface area (Å²) in [5, 5.41) is 2.87. The molecule has 0 atom stereocenters. The van der Waals surface area contributed by atoms with E-state index >= 15 is 0 Å². The fraction of sp³-hybridized carbons (Fsp3) is 0.312. The van der Waals surface area contributed by atoms with Crippen molar-refractivity contribution in [1.82, 2.24) is 14.9 Å². The van der Waals surface area contributed by atoms with Crippen LogP contribution in [0.25, 0.3) is 0 Å². The number of primary amides is 1. The normalized spacial score (nSPS) is 13.4. The number of carbonyl (C=O) groups is 2. The van der Waals surface area contributed by atoms with Gasteiger partial charge < -0.3 is 20.4 Å². The van der Waals surface area contributed by atoms with Gasteiger partial charge >= 0.3 is 0 Å². The van der Waals surface area contributed by atoms with Gasteiger partial charge in [0, 0.05) is 17.7 Å². The highest BCUT2D eigenvalue weighted by Crippen LogP contribution is 2.15. The zero-order valence-corrected chi connectivity index (χ0v) is 12.8. The molecule has 0 spiro atoms. The summed E-state index contributed by atoms with van der Waals surface area (Å²) in [4.78, 5) is 28.0. The second-order valence-corrected chi connectivity index (χ2v) is 5.40. The van der Waals surface area contributed by atoms with Gasteiger partial charge in [0.25, 0.3) is 5.91 Å². The molecule has 1 aromatic heterocycles. The first-order valence-electron chi connectivity index (χ1n) is 7.36. The summed E-state index contributed by atoms with van der Waals surface area (Å²) < 4.78 is 7.39. The van der Waals surface area contributed by atoms with Crippen molar-refractivity contribution in [3.63, 3.8) is 0 Å². The molecule has 2 amide bonds. The summed E-state index contributed by atoms with van der Waals surface area (Å²) in [5.41, 5.74) is 7.64. The molecule has 23 heavy (non-hydrogen) atoms. The Balaban J connectivity index is 1.74. The van der Waals surface area contributed by atoms with E-state index in [2.05, 4.69) is 14.9 Å². The number of fused-ring (bicyclic) bond motifs is 1. The van der Waals surface area contributed by atoms with E-state index in [0.717, 1.165) is 18.1 Å². The van der Waals surface area contributed by atoms with Crippen molar-refractivity contribution in [2.75, 3.05) is 6.61 Å². The summed E-state index contributed by atoms with van der Waals surface area (Å²) in [6.07, 6.45) is 1.75. The van der Waals surface area contributed by atoms with Crippen LogP contribution < -0.4 is 11.1 Å². The van der Waals surface area contributed by atoms with Crippen LogP contribution in [-0.2, 0) is 24.4 Å². The molecule has 7 heteroatoms. The van der Waals surface area contributed by atoms with Gasteiger partial charge in [0.05, 0.1) is 25.0 Å². The maximum Gasteiger partial charge on any atom is 0.251 e. The summed E-state index contributed by atoms with van der Waals surface area (Å²) >= 11 is 0. The van der Waals surface area contributed by atoms with E-state index in [1.807, 2.05) is 0 Å². The molecule has 3 rings (SSSR count). The third-order valence-electron chi connectivity index (χ3n) is 3.99. The zero-order valence-electron chi connectivity index (χ0n) is 12.8. The molecule has 0 fully saturated rings. The Morgan fingerprint density at radius 2 is 2.17 bits per heavy atom. The molecule has 1 aliphatic rings. The maximum absolute atomic E-state index is 12.4. The minimum atomic E-state index is -0.540. The summed E-state index contributed by atoms with van der Waals surface area (Å²) in [5.74, 6) is 0.0858. The van der Waals surface area contributed by atoms with Gasteiger partial charge in [-0.25, -0.2) is 4.98 Å². The molecule has 0 unspecified atom stereocenters. The zero-order chi connectivity index (χ0) is 16.4. The van der Waals surface area contributed by atoms with E-state index in [1.165, 1.54) is 0 Å². The number of benzene rings is 1. The smallest absolute Gasteiger partial charge is 0.251 e. The molecule has 1 aliphatic heterocycles. The number of carbonyl (C=O) groups excluding carboxylic acids is 2. The van der Waals surface area contributed by atoms with E-state index in [4.69, 9.17) is 10.5 Å². The first kappa shape index (κ1) is 15.2. The first-order chi connectivity index (χ1) is 11.1. The van der Waals surface area contributed by atoms with Crippen LogP contribution in [0.3, 0.4) is 0 Å². The van der Waals surface area contributed by atoms with Crippen molar-refractivity contribution in [2.24, 2.45) is 5.73 Å². The predicted octanol–water partition coefficient (Wildman–Crippen LogP) is 0.751. The van der Waals surface area contributed by atoms with E-state index in [9.17, 15) is 9.59 Å². The van der Waals surface area contributed by atoms with Crippen LogP contribution in [0.1, 0.15) is 37.8 Å². The van der Waals surface area contributed by atoms with Crippen molar-refractivity contribution in [2.45, 2.75) is 26.6 Å². The predicted molar refractivity (Wildman–Crippen MR) is 82.8 cm³/mol. The van der Waals surface area contributed by atoms with Crippen LogP contribution in [0, 0.1) is 6.92 Å². The van der Waals surface area contributed by atoms with Gasteiger partial charge in [-0.05, 0) is 24.6 Å². The van der Waals surface area contributed by atoms with Gasteiger partial charge in [-0.1, -0.05) is 6.07 Å². The summed E-state index contributed by atoms with van der Waals surface area (Å²) in [7, 11) is 0. The molecule has 1 aromatic carbocycles. The minimum absolute atomic E-state index is 0.242. The molecular weight excluding hydrogens is 296 g/mol. The molecule has 2 aromatic rings. The Labute approximate surface area is 133 Å². The Morgan fingerprint density at radius 1 is 1.39 bits per heavy atom. The number of imidazole rings is 1. The number of ether oxygens (including phenoxy) is 1. The van der Waals surface area contributed by atoms with Gasteiger partial charge in [-0.2, -0.15) is 0 Å². The Kier molecular flexibility index (Phi) is 4.12. The lowest BCUT2D eigenvalue weighted by atomic mass is 10.0. The third kappa shape index (κ3) is 2.95. The molecule has 120 valence electrons. The molecule has 2 heterocycles. The number of rotatable bonds is 4. The number of nitrogens with two attached hydrogens (primary N) is 1. The molecule has 0 bridgehead atoms. The van der Waals surface area contributed by atoms with Crippen molar-refractivity contribution in [1.29, 1.82) is 0 Å². The van der Waals surface area contributed by atoms with Crippen LogP contribution in [0.2, 0.25) is 0 Å². The van der Waals surface area contributed by atoms with Crippen LogP contribution in [0.4, 0.5) is 0 Å². The fourth-order valence-corrected chi connectivity index (χ4v) is 2.72. The van der Waals surface area contributed by atoms with Gasteiger partial charge in [-0.3, -0.25) is 9.59 Å². The Hall–Kier alpha value is -2.67. The lowest BCUT2D eigenvalue weighted by Crippen LogP contribution is -2.27. The average molecular weight is 314 g/mol. The highest BCUT2D eigenvalue weighted by atomic mass is 16.5. The topological polar surface area (TPSA) is 99.2 Å². The number of amides is 2. The maximum atomic E-state index is 12.4. The SMILES string of the molecule is Cc1c(C(N)=O)cccc1C(=O)NCc1cnc2n1CCOC2. The summed E-state index contributed by atoms with van der Waals surface area (Å²) in [6.45, 7) is 3.95. The van der Waals surface area contributed by atoms with E-state index in [0.29, 0.717) is 36.4 Å². The standard InChI is InChI=1S/C16H18N4O3/c1-10-12(15(17)21)3-2-4-13(10)16(22)19-8-11-7-18-14-9-23-6-5-20(11)14/h2-4,7H,5-6,8-9H2,1H3,(H2,17,21)(H,19,22). The number of hydrogen-bond donors (Lipinski definition) is 2. The largest absolute Gasteiger partial charge is 0.372 e. The number of aromatic nitrogens is 2. The van der Waals surface area contributed by atoms with Gasteiger partial charge in [0.1, 0.15) is 12.4 Å². The fourth-order valence-electron chi connectivity index (χ4n) is 2.72. The molecule has 0 radical (unpaired) electrons. The molecule has 0 aliphatic carbocycles. The van der Waals surface area contributed by atoms with Crippen LogP contribution >= 0.6 is 0 Å². The number of hydrogen-bond acceptors (Lipinski definition) is 4. The first-order valence-corrected chi connectivity index (χ1v) is 7.36. The highest BCUT2D eigenvalue weighted by Gasteiger charge is 2.17. The second-order valence-electron chi connectivity index (χ2n) is 5.40.